The zero-order valence-corrected chi connectivity index (χ0v) is 10.9. The van der Waals surface area contributed by atoms with Crippen molar-refractivity contribution in [3.8, 4) is 0 Å². The molecule has 0 atom stereocenters. The number of ether oxygens (including phenoxy) is 1. The third-order valence-corrected chi connectivity index (χ3v) is 2.91. The first kappa shape index (κ1) is 12.4. The quantitative estimate of drug-likeness (QED) is 0.804. The first-order chi connectivity index (χ1) is 8.16. The van der Waals surface area contributed by atoms with Gasteiger partial charge in [0.2, 0.25) is 0 Å². The average Bonchev–Trinajstić information content (AvgIpc) is 2.29. The highest BCUT2D eigenvalue weighted by Gasteiger charge is 2.15. The van der Waals surface area contributed by atoms with Crippen molar-refractivity contribution in [3.05, 3.63) is 23.2 Å². The molecule has 1 aromatic carbocycles. The second kappa shape index (κ2) is 5.53. The van der Waals surface area contributed by atoms with Gasteiger partial charge in [0, 0.05) is 18.1 Å². The van der Waals surface area contributed by atoms with Crippen LogP contribution in [0.2, 0.25) is 5.02 Å². The van der Waals surface area contributed by atoms with Gasteiger partial charge in [-0.2, -0.15) is 0 Å². The molecule has 1 aliphatic rings. The lowest BCUT2D eigenvalue weighted by molar-refractivity contribution is 0.123. The predicted molar refractivity (Wildman–Crippen MR) is 74.9 cm³/mol. The molecule has 0 radical (unpaired) electrons. The van der Waals surface area contributed by atoms with Crippen molar-refractivity contribution in [2.24, 2.45) is 5.73 Å². The smallest absolute Gasteiger partial charge is 0.168 e. The van der Waals surface area contributed by atoms with Crippen molar-refractivity contribution >= 4 is 40.3 Å². The number of nitrogens with one attached hydrogen (secondary N) is 1. The Labute approximate surface area is 111 Å². The maximum atomic E-state index is 5.97. The lowest BCUT2D eigenvalue weighted by Crippen LogP contribution is -2.37. The number of morpholine rings is 1. The number of rotatable bonds is 2. The molecule has 92 valence electrons. The van der Waals surface area contributed by atoms with E-state index in [1.54, 1.807) is 0 Å². The van der Waals surface area contributed by atoms with E-state index in [-0.39, 0.29) is 5.11 Å². The molecule has 1 saturated heterocycles. The maximum absolute atomic E-state index is 5.97. The van der Waals surface area contributed by atoms with Crippen molar-refractivity contribution in [1.82, 2.24) is 0 Å². The summed E-state index contributed by atoms with van der Waals surface area (Å²) in [5, 5.41) is 3.85. The van der Waals surface area contributed by atoms with Gasteiger partial charge in [-0.3, -0.25) is 0 Å². The lowest BCUT2D eigenvalue weighted by atomic mass is 10.2. The molecule has 2 rings (SSSR count). The van der Waals surface area contributed by atoms with Crippen LogP contribution >= 0.6 is 23.8 Å². The fourth-order valence-corrected chi connectivity index (χ4v) is 2.10. The first-order valence-electron chi connectivity index (χ1n) is 5.35. The molecule has 1 aromatic rings. The number of halogens is 1. The summed E-state index contributed by atoms with van der Waals surface area (Å²) in [6.07, 6.45) is 0. The SMILES string of the molecule is NC(=S)Nc1cc(Cl)ccc1N1CCOCC1. The van der Waals surface area contributed by atoms with Gasteiger partial charge in [0.25, 0.3) is 0 Å². The monoisotopic (exact) mass is 271 g/mol. The van der Waals surface area contributed by atoms with Crippen molar-refractivity contribution in [1.29, 1.82) is 0 Å². The number of anilines is 2. The van der Waals surface area contributed by atoms with Crippen LogP contribution < -0.4 is 16.0 Å². The highest BCUT2D eigenvalue weighted by atomic mass is 35.5. The van der Waals surface area contributed by atoms with Gasteiger partial charge >= 0.3 is 0 Å². The van der Waals surface area contributed by atoms with Crippen LogP contribution in [-0.4, -0.2) is 31.4 Å². The Bertz CT molecular complexity index is 421. The van der Waals surface area contributed by atoms with E-state index in [0.29, 0.717) is 5.02 Å². The summed E-state index contributed by atoms with van der Waals surface area (Å²) in [6, 6.07) is 5.65. The summed E-state index contributed by atoms with van der Waals surface area (Å²) in [5.74, 6) is 0. The number of thiocarbonyl (C=S) groups is 1. The van der Waals surface area contributed by atoms with Gasteiger partial charge in [-0.05, 0) is 30.4 Å². The van der Waals surface area contributed by atoms with Crippen molar-refractivity contribution in [2.45, 2.75) is 0 Å². The van der Waals surface area contributed by atoms with E-state index in [0.717, 1.165) is 37.7 Å². The van der Waals surface area contributed by atoms with Crippen molar-refractivity contribution < 1.29 is 4.74 Å². The summed E-state index contributed by atoms with van der Waals surface area (Å²) in [5.41, 5.74) is 7.39. The number of hydrogen-bond acceptors (Lipinski definition) is 3. The molecule has 1 aliphatic heterocycles. The minimum Gasteiger partial charge on any atom is -0.378 e. The van der Waals surface area contributed by atoms with Gasteiger partial charge in [0.15, 0.2) is 5.11 Å². The molecular formula is C11H14ClN3OS. The predicted octanol–water partition coefficient (Wildman–Crippen LogP) is 1.83. The van der Waals surface area contributed by atoms with E-state index in [1.165, 1.54) is 0 Å². The Balaban J connectivity index is 2.27. The highest BCUT2D eigenvalue weighted by Crippen LogP contribution is 2.29. The number of hydrogen-bond donors (Lipinski definition) is 2. The fraction of sp³-hybridized carbons (Fsp3) is 0.364. The number of nitrogens with zero attached hydrogens (tertiary/aromatic N) is 1. The zero-order chi connectivity index (χ0) is 12.3. The van der Waals surface area contributed by atoms with Crippen LogP contribution in [0.1, 0.15) is 0 Å². The average molecular weight is 272 g/mol. The molecule has 17 heavy (non-hydrogen) atoms. The maximum Gasteiger partial charge on any atom is 0.168 e. The number of nitrogens with two attached hydrogens (primary N) is 1. The Morgan fingerprint density at radius 2 is 2.12 bits per heavy atom. The minimum absolute atomic E-state index is 0.238. The highest BCUT2D eigenvalue weighted by molar-refractivity contribution is 7.80. The van der Waals surface area contributed by atoms with Crippen LogP contribution in [-0.2, 0) is 4.74 Å². The summed E-state index contributed by atoms with van der Waals surface area (Å²) in [6.45, 7) is 3.17. The van der Waals surface area contributed by atoms with Crippen molar-refractivity contribution in [2.75, 3.05) is 36.5 Å². The van der Waals surface area contributed by atoms with E-state index in [4.69, 9.17) is 34.3 Å². The van der Waals surface area contributed by atoms with Crippen LogP contribution in [0.5, 0.6) is 0 Å². The summed E-state index contributed by atoms with van der Waals surface area (Å²) < 4.78 is 5.33. The molecule has 1 heterocycles. The molecular weight excluding hydrogens is 258 g/mol. The Hall–Kier alpha value is -1.04. The Kier molecular flexibility index (Phi) is 4.04. The van der Waals surface area contributed by atoms with Crippen LogP contribution in [0.25, 0.3) is 0 Å². The van der Waals surface area contributed by atoms with E-state index < -0.39 is 0 Å². The molecule has 0 unspecified atom stereocenters. The Morgan fingerprint density at radius 1 is 1.41 bits per heavy atom. The van der Waals surface area contributed by atoms with Crippen LogP contribution in [0.4, 0.5) is 11.4 Å². The first-order valence-corrected chi connectivity index (χ1v) is 6.14. The van der Waals surface area contributed by atoms with Gasteiger partial charge in [-0.1, -0.05) is 11.6 Å². The standard InChI is InChI=1S/C11H14ClN3OS/c12-8-1-2-10(9(7-8)14-11(13)17)15-3-5-16-6-4-15/h1-2,7H,3-6H2,(H3,13,14,17). The molecule has 0 aromatic heterocycles. The fourth-order valence-electron chi connectivity index (χ4n) is 1.82. The van der Waals surface area contributed by atoms with Gasteiger partial charge in [-0.15, -0.1) is 0 Å². The largest absolute Gasteiger partial charge is 0.378 e. The second-order valence-corrected chi connectivity index (χ2v) is 4.63. The molecule has 6 heteroatoms. The van der Waals surface area contributed by atoms with Gasteiger partial charge in [0.05, 0.1) is 24.6 Å². The molecule has 0 bridgehead atoms. The van der Waals surface area contributed by atoms with Gasteiger partial charge in [0.1, 0.15) is 0 Å². The molecule has 1 fully saturated rings. The second-order valence-electron chi connectivity index (χ2n) is 3.75. The zero-order valence-electron chi connectivity index (χ0n) is 9.28. The molecule has 0 saturated carbocycles. The van der Waals surface area contributed by atoms with E-state index in [9.17, 15) is 0 Å². The van der Waals surface area contributed by atoms with E-state index >= 15 is 0 Å². The minimum atomic E-state index is 0.238. The van der Waals surface area contributed by atoms with Gasteiger partial charge < -0.3 is 20.7 Å². The molecule has 0 amide bonds. The van der Waals surface area contributed by atoms with E-state index in [1.807, 2.05) is 18.2 Å². The molecule has 3 N–H and O–H groups in total. The van der Waals surface area contributed by atoms with E-state index in [2.05, 4.69) is 10.2 Å². The molecule has 0 aliphatic carbocycles. The summed E-state index contributed by atoms with van der Waals surface area (Å²) in [4.78, 5) is 2.22. The van der Waals surface area contributed by atoms with Crippen LogP contribution in [0.15, 0.2) is 18.2 Å². The topological polar surface area (TPSA) is 50.5 Å². The van der Waals surface area contributed by atoms with Crippen LogP contribution in [0.3, 0.4) is 0 Å². The lowest BCUT2D eigenvalue weighted by Gasteiger charge is -2.30. The summed E-state index contributed by atoms with van der Waals surface area (Å²) in [7, 11) is 0. The Morgan fingerprint density at radius 3 is 2.76 bits per heavy atom. The van der Waals surface area contributed by atoms with Gasteiger partial charge in [-0.25, -0.2) is 0 Å². The number of benzene rings is 1. The summed E-state index contributed by atoms with van der Waals surface area (Å²) >= 11 is 10.8. The normalized spacial score (nSPS) is 15.7. The molecule has 0 spiro atoms. The van der Waals surface area contributed by atoms with Crippen molar-refractivity contribution in [3.63, 3.8) is 0 Å². The molecule has 4 nitrogen and oxygen atoms in total. The third-order valence-electron chi connectivity index (χ3n) is 2.57. The van der Waals surface area contributed by atoms with Crippen LogP contribution in [0, 0.1) is 0 Å². The third kappa shape index (κ3) is 3.21.